The fourth-order valence-corrected chi connectivity index (χ4v) is 2.29. The molecule has 6 heteroatoms. The molecule has 1 saturated heterocycles. The highest BCUT2D eigenvalue weighted by Crippen LogP contribution is 2.16. The molecule has 1 fully saturated rings. The van der Waals surface area contributed by atoms with Crippen LogP contribution in [-0.4, -0.2) is 35.9 Å². The Morgan fingerprint density at radius 2 is 2.33 bits per heavy atom. The third-order valence-corrected chi connectivity index (χ3v) is 3.44. The first-order valence-electron chi connectivity index (χ1n) is 7.38. The molecular formula is C15H22N4O2. The van der Waals surface area contributed by atoms with Gasteiger partial charge in [0.2, 0.25) is 5.91 Å². The second-order valence-corrected chi connectivity index (χ2v) is 5.31. The number of nitrogens with one attached hydrogen (secondary N) is 3. The average molecular weight is 290 g/mol. The summed E-state index contributed by atoms with van der Waals surface area (Å²) >= 11 is 0. The Hall–Kier alpha value is -2.11. The van der Waals surface area contributed by atoms with E-state index in [0.717, 1.165) is 30.8 Å². The molecule has 2 amide bonds. The summed E-state index contributed by atoms with van der Waals surface area (Å²) in [4.78, 5) is 27.6. The number of hydrogen-bond donors (Lipinski definition) is 3. The van der Waals surface area contributed by atoms with Gasteiger partial charge in [-0.05, 0) is 25.8 Å². The monoisotopic (exact) mass is 290 g/mol. The smallest absolute Gasteiger partial charge is 0.255 e. The van der Waals surface area contributed by atoms with Crippen LogP contribution in [0.2, 0.25) is 0 Å². The fourth-order valence-electron chi connectivity index (χ4n) is 2.29. The van der Waals surface area contributed by atoms with Gasteiger partial charge < -0.3 is 16.0 Å². The lowest BCUT2D eigenvalue weighted by atomic mass is 10.1. The molecule has 0 aliphatic carbocycles. The van der Waals surface area contributed by atoms with Gasteiger partial charge in [-0.25, -0.2) is 0 Å². The van der Waals surface area contributed by atoms with E-state index in [-0.39, 0.29) is 17.9 Å². The number of pyridine rings is 1. The second-order valence-electron chi connectivity index (χ2n) is 5.31. The van der Waals surface area contributed by atoms with Crippen molar-refractivity contribution in [3.63, 3.8) is 0 Å². The van der Waals surface area contributed by atoms with Crippen LogP contribution >= 0.6 is 0 Å². The van der Waals surface area contributed by atoms with E-state index < -0.39 is 0 Å². The van der Waals surface area contributed by atoms with E-state index in [9.17, 15) is 9.59 Å². The van der Waals surface area contributed by atoms with E-state index in [1.165, 1.54) is 0 Å². The van der Waals surface area contributed by atoms with Crippen LogP contribution in [0, 0.1) is 6.92 Å². The maximum atomic E-state index is 12.3. The SMILES string of the molecule is CCCNc1cc(C)ncc1C(=O)NCC1CCC(=O)N1. The molecule has 21 heavy (non-hydrogen) atoms. The average Bonchev–Trinajstić information content (AvgIpc) is 2.88. The minimum atomic E-state index is -0.165. The number of carbonyl (C=O) groups is 2. The lowest BCUT2D eigenvalue weighted by Crippen LogP contribution is -2.38. The van der Waals surface area contributed by atoms with Crippen LogP contribution in [0.5, 0.6) is 0 Å². The summed E-state index contributed by atoms with van der Waals surface area (Å²) in [5.41, 5.74) is 2.21. The van der Waals surface area contributed by atoms with Crippen molar-refractivity contribution >= 4 is 17.5 Å². The first kappa shape index (κ1) is 15.3. The van der Waals surface area contributed by atoms with Gasteiger partial charge in [0.15, 0.2) is 0 Å². The van der Waals surface area contributed by atoms with Gasteiger partial charge in [-0.15, -0.1) is 0 Å². The molecule has 1 aliphatic heterocycles. The zero-order valence-corrected chi connectivity index (χ0v) is 12.5. The van der Waals surface area contributed by atoms with Gasteiger partial charge in [0, 0.05) is 37.4 Å². The summed E-state index contributed by atoms with van der Waals surface area (Å²) in [6.07, 6.45) is 3.88. The van der Waals surface area contributed by atoms with Crippen molar-refractivity contribution in [2.24, 2.45) is 0 Å². The van der Waals surface area contributed by atoms with Crippen LogP contribution in [0.15, 0.2) is 12.3 Å². The Morgan fingerprint density at radius 1 is 1.52 bits per heavy atom. The van der Waals surface area contributed by atoms with Crippen LogP contribution in [0.25, 0.3) is 0 Å². The molecule has 1 aliphatic rings. The first-order valence-corrected chi connectivity index (χ1v) is 7.38. The van der Waals surface area contributed by atoms with Crippen molar-refractivity contribution in [2.75, 3.05) is 18.4 Å². The molecule has 0 spiro atoms. The molecular weight excluding hydrogens is 268 g/mol. The van der Waals surface area contributed by atoms with Crippen molar-refractivity contribution in [1.82, 2.24) is 15.6 Å². The molecule has 1 unspecified atom stereocenters. The topological polar surface area (TPSA) is 83.1 Å². The van der Waals surface area contributed by atoms with Crippen LogP contribution in [0.1, 0.15) is 42.2 Å². The fraction of sp³-hybridized carbons (Fsp3) is 0.533. The summed E-state index contributed by atoms with van der Waals surface area (Å²) in [6, 6.07) is 1.91. The molecule has 1 aromatic rings. The van der Waals surface area contributed by atoms with Gasteiger partial charge in [0.1, 0.15) is 0 Å². The Balaban J connectivity index is 1.99. The van der Waals surface area contributed by atoms with Gasteiger partial charge in [-0.1, -0.05) is 6.92 Å². The Morgan fingerprint density at radius 3 is 3.00 bits per heavy atom. The van der Waals surface area contributed by atoms with Gasteiger partial charge in [0.05, 0.1) is 11.3 Å². The molecule has 0 aromatic carbocycles. The number of amides is 2. The molecule has 6 nitrogen and oxygen atoms in total. The first-order chi connectivity index (χ1) is 10.1. The highest BCUT2D eigenvalue weighted by Gasteiger charge is 2.21. The molecule has 1 atom stereocenters. The van der Waals surface area contributed by atoms with Crippen LogP contribution in [-0.2, 0) is 4.79 Å². The summed E-state index contributed by atoms with van der Waals surface area (Å²) in [7, 11) is 0. The van der Waals surface area contributed by atoms with E-state index >= 15 is 0 Å². The van der Waals surface area contributed by atoms with Gasteiger partial charge in [0.25, 0.3) is 5.91 Å². The standard InChI is InChI=1S/C15H22N4O2/c1-3-6-16-13-7-10(2)17-9-12(13)15(21)18-8-11-4-5-14(20)19-11/h7,9,11H,3-6,8H2,1-2H3,(H,16,17)(H,18,21)(H,19,20). The Kier molecular flexibility index (Phi) is 5.14. The molecule has 114 valence electrons. The van der Waals surface area contributed by atoms with Crippen LogP contribution in [0.3, 0.4) is 0 Å². The molecule has 0 saturated carbocycles. The predicted molar refractivity (Wildman–Crippen MR) is 81.3 cm³/mol. The minimum absolute atomic E-state index is 0.0342. The van der Waals surface area contributed by atoms with Gasteiger partial charge in [-0.3, -0.25) is 14.6 Å². The lowest BCUT2D eigenvalue weighted by molar-refractivity contribution is -0.119. The number of aromatic nitrogens is 1. The predicted octanol–water partition coefficient (Wildman–Crippen LogP) is 1.22. The maximum Gasteiger partial charge on any atom is 0.255 e. The molecule has 0 radical (unpaired) electrons. The molecule has 0 bridgehead atoms. The molecule has 2 heterocycles. The van der Waals surface area contributed by atoms with E-state index in [1.807, 2.05) is 13.0 Å². The van der Waals surface area contributed by atoms with E-state index in [4.69, 9.17) is 0 Å². The number of anilines is 1. The van der Waals surface area contributed by atoms with Crippen molar-refractivity contribution < 1.29 is 9.59 Å². The Bertz CT molecular complexity index is 530. The van der Waals surface area contributed by atoms with E-state index in [0.29, 0.717) is 18.5 Å². The summed E-state index contributed by atoms with van der Waals surface area (Å²) in [5.74, 6) is -0.112. The van der Waals surface area contributed by atoms with Gasteiger partial charge >= 0.3 is 0 Å². The normalized spacial score (nSPS) is 17.4. The third kappa shape index (κ3) is 4.18. The molecule has 1 aromatic heterocycles. The lowest BCUT2D eigenvalue weighted by Gasteiger charge is -2.14. The summed E-state index contributed by atoms with van der Waals surface area (Å²) in [6.45, 7) is 5.23. The van der Waals surface area contributed by atoms with Crippen LogP contribution in [0.4, 0.5) is 5.69 Å². The summed E-state index contributed by atoms with van der Waals surface area (Å²) < 4.78 is 0. The highest BCUT2D eigenvalue weighted by atomic mass is 16.2. The second kappa shape index (κ2) is 7.06. The zero-order valence-electron chi connectivity index (χ0n) is 12.5. The number of rotatable bonds is 6. The van der Waals surface area contributed by atoms with Crippen molar-refractivity contribution in [1.29, 1.82) is 0 Å². The van der Waals surface area contributed by atoms with Crippen molar-refractivity contribution in [3.05, 3.63) is 23.5 Å². The quantitative estimate of drug-likeness (QED) is 0.735. The number of carbonyl (C=O) groups excluding carboxylic acids is 2. The van der Waals surface area contributed by atoms with Crippen LogP contribution < -0.4 is 16.0 Å². The highest BCUT2D eigenvalue weighted by molar-refractivity contribution is 5.99. The summed E-state index contributed by atoms with van der Waals surface area (Å²) in [5, 5.41) is 8.95. The number of hydrogen-bond acceptors (Lipinski definition) is 4. The minimum Gasteiger partial charge on any atom is -0.384 e. The van der Waals surface area contributed by atoms with E-state index in [1.54, 1.807) is 6.20 Å². The largest absolute Gasteiger partial charge is 0.384 e. The Labute approximate surface area is 124 Å². The van der Waals surface area contributed by atoms with Crippen molar-refractivity contribution in [3.8, 4) is 0 Å². The van der Waals surface area contributed by atoms with E-state index in [2.05, 4.69) is 27.9 Å². The molecule has 3 N–H and O–H groups in total. The van der Waals surface area contributed by atoms with Crippen molar-refractivity contribution in [2.45, 2.75) is 39.2 Å². The van der Waals surface area contributed by atoms with Gasteiger partial charge in [-0.2, -0.15) is 0 Å². The zero-order chi connectivity index (χ0) is 15.2. The number of nitrogens with zero attached hydrogens (tertiary/aromatic N) is 1. The third-order valence-electron chi connectivity index (χ3n) is 3.44. The number of aryl methyl sites for hydroxylation is 1. The maximum absolute atomic E-state index is 12.3. The molecule has 2 rings (SSSR count).